The summed E-state index contributed by atoms with van der Waals surface area (Å²) in [5.74, 6) is -2.27. The number of halogens is 1. The highest BCUT2D eigenvalue weighted by molar-refractivity contribution is 6.03. The van der Waals surface area contributed by atoms with Gasteiger partial charge in [-0.2, -0.15) is 0 Å². The number of carboxylic acid groups (broad SMARTS) is 1. The first-order valence-electron chi connectivity index (χ1n) is 12.0. The summed E-state index contributed by atoms with van der Waals surface area (Å²) in [7, 11) is 0. The van der Waals surface area contributed by atoms with E-state index in [0.717, 1.165) is 10.5 Å². The third-order valence-electron chi connectivity index (χ3n) is 5.34. The third-order valence-corrected chi connectivity index (χ3v) is 5.34. The highest BCUT2D eigenvalue weighted by Crippen LogP contribution is 2.31. The van der Waals surface area contributed by atoms with Gasteiger partial charge in [0.15, 0.2) is 0 Å². The summed E-state index contributed by atoms with van der Waals surface area (Å²) in [6.45, 7) is 5.82. The van der Waals surface area contributed by atoms with Crippen LogP contribution in [0.15, 0.2) is 64.1 Å². The highest BCUT2D eigenvalue weighted by Gasteiger charge is 2.26. The van der Waals surface area contributed by atoms with E-state index in [0.29, 0.717) is 16.8 Å². The van der Waals surface area contributed by atoms with Crippen molar-refractivity contribution >= 4 is 23.9 Å². The molecule has 1 aromatic heterocycles. The molecule has 3 aromatic rings. The third kappa shape index (κ3) is 7.62. The Hall–Kier alpha value is -4.25. The quantitative estimate of drug-likeness (QED) is 0.288. The van der Waals surface area contributed by atoms with E-state index < -0.39 is 35.9 Å². The number of benzene rings is 2. The number of ether oxygens (including phenoxy) is 1. The average molecular weight is 527 g/mol. The molecule has 0 saturated carbocycles. The molecular weight excluding hydrogens is 495 g/mol. The Balaban J connectivity index is 1.91. The van der Waals surface area contributed by atoms with Gasteiger partial charge in [0.25, 0.3) is 0 Å². The summed E-state index contributed by atoms with van der Waals surface area (Å²) in [5.41, 5.74) is 1.42. The smallest absolute Gasteiger partial charge is 0.437 e. The van der Waals surface area contributed by atoms with Crippen molar-refractivity contribution in [3.05, 3.63) is 71.7 Å². The summed E-state index contributed by atoms with van der Waals surface area (Å²) in [5, 5.41) is 25.5. The predicted molar refractivity (Wildman–Crippen MR) is 140 cm³/mol. The van der Waals surface area contributed by atoms with Crippen LogP contribution in [0.2, 0.25) is 0 Å². The van der Waals surface area contributed by atoms with Crippen LogP contribution in [-0.4, -0.2) is 58.7 Å². The van der Waals surface area contributed by atoms with E-state index in [9.17, 15) is 24.2 Å². The molecule has 0 aliphatic heterocycles. The van der Waals surface area contributed by atoms with Crippen molar-refractivity contribution in [2.24, 2.45) is 4.99 Å². The molecule has 1 atom stereocenters. The molecule has 3 N–H and O–H groups in total. The number of aliphatic imine (C=N–C) groups is 1. The maximum Gasteiger partial charge on any atom is 0.437 e. The van der Waals surface area contributed by atoms with Crippen molar-refractivity contribution in [2.45, 2.75) is 39.2 Å². The van der Waals surface area contributed by atoms with Crippen LogP contribution < -0.4 is 10.2 Å². The number of carbonyl (C=O) groups is 2. The number of amides is 1. The van der Waals surface area contributed by atoms with Gasteiger partial charge in [0.2, 0.25) is 11.8 Å². The fourth-order valence-corrected chi connectivity index (χ4v) is 3.56. The molecule has 0 saturated heterocycles. The van der Waals surface area contributed by atoms with Crippen LogP contribution in [0.5, 0.6) is 0 Å². The van der Waals surface area contributed by atoms with Crippen LogP contribution in [0.3, 0.4) is 0 Å². The number of carboxylic acids is 1. The van der Waals surface area contributed by atoms with E-state index in [1.165, 1.54) is 12.1 Å². The standard InChI is InChI=1S/C27H31FN4O6/c1-17(19-10-11-20(21(28)14-19)18-8-6-5-7-9-18)22-15-23(38-31-22)32(16-24(34)35)25(29-12-13-33)30-26(36)37-27(2,3)4/h5-11,14-15,17,33H,12-13,16H2,1-4H3,(H,34,35)(H,29,30,36). The van der Waals surface area contributed by atoms with Crippen LogP contribution in [0.25, 0.3) is 11.1 Å². The number of guanidine groups is 1. The van der Waals surface area contributed by atoms with Crippen molar-refractivity contribution < 1.29 is 33.5 Å². The molecule has 0 spiro atoms. The lowest BCUT2D eigenvalue weighted by Crippen LogP contribution is -2.45. The Morgan fingerprint density at radius 2 is 1.89 bits per heavy atom. The van der Waals surface area contributed by atoms with Gasteiger partial charge in [-0.05, 0) is 38.0 Å². The van der Waals surface area contributed by atoms with Crippen LogP contribution in [0.1, 0.15) is 44.9 Å². The number of hydrogen-bond acceptors (Lipinski definition) is 6. The second kappa shape index (κ2) is 12.3. The largest absolute Gasteiger partial charge is 0.480 e. The van der Waals surface area contributed by atoms with Crippen LogP contribution in [0, 0.1) is 5.82 Å². The lowest BCUT2D eigenvalue weighted by Gasteiger charge is -2.23. The van der Waals surface area contributed by atoms with E-state index in [2.05, 4.69) is 15.5 Å². The molecule has 0 aliphatic rings. The molecule has 0 radical (unpaired) electrons. The Labute approximate surface area is 219 Å². The maximum atomic E-state index is 14.9. The molecule has 10 nitrogen and oxygen atoms in total. The zero-order valence-corrected chi connectivity index (χ0v) is 21.6. The van der Waals surface area contributed by atoms with Gasteiger partial charge in [-0.3, -0.25) is 9.69 Å². The van der Waals surface area contributed by atoms with Gasteiger partial charge in [0.05, 0.1) is 12.3 Å². The first-order valence-corrected chi connectivity index (χ1v) is 12.0. The van der Waals surface area contributed by atoms with Crippen molar-refractivity contribution in [1.29, 1.82) is 0 Å². The minimum atomic E-state index is -1.24. The monoisotopic (exact) mass is 526 g/mol. The SMILES string of the molecule is CC(c1ccc(-c2ccccc2)c(F)c1)c1cc(N(CC(=O)O)C(=NC(=O)OC(C)(C)C)NCCO)on1. The van der Waals surface area contributed by atoms with E-state index in [4.69, 9.17) is 9.26 Å². The summed E-state index contributed by atoms with van der Waals surface area (Å²) in [4.78, 5) is 28.9. The number of aliphatic carboxylic acids is 1. The van der Waals surface area contributed by atoms with Gasteiger partial charge in [-0.25, -0.2) is 9.18 Å². The second-order valence-electron chi connectivity index (χ2n) is 9.46. The maximum absolute atomic E-state index is 14.9. The molecule has 0 aliphatic carbocycles. The Morgan fingerprint density at radius 1 is 1.18 bits per heavy atom. The van der Waals surface area contributed by atoms with Crippen LogP contribution in [-0.2, 0) is 9.53 Å². The molecule has 0 bridgehead atoms. The molecule has 0 fully saturated rings. The number of nitrogens with zero attached hydrogens (tertiary/aromatic N) is 3. The van der Waals surface area contributed by atoms with Gasteiger partial charge in [0, 0.05) is 24.1 Å². The van der Waals surface area contributed by atoms with Gasteiger partial charge in [0.1, 0.15) is 18.0 Å². The van der Waals surface area contributed by atoms with Crippen molar-refractivity contribution in [1.82, 2.24) is 10.5 Å². The number of anilines is 1. The van der Waals surface area contributed by atoms with Gasteiger partial charge >= 0.3 is 12.1 Å². The summed E-state index contributed by atoms with van der Waals surface area (Å²) < 4.78 is 25.6. The van der Waals surface area contributed by atoms with Crippen molar-refractivity contribution in [2.75, 3.05) is 24.6 Å². The zero-order valence-electron chi connectivity index (χ0n) is 21.6. The van der Waals surface area contributed by atoms with Crippen LogP contribution in [0.4, 0.5) is 15.1 Å². The number of aliphatic hydroxyl groups excluding tert-OH is 1. The first-order chi connectivity index (χ1) is 18.0. The molecular formula is C27H31FN4O6. The van der Waals surface area contributed by atoms with Gasteiger partial charge < -0.3 is 24.8 Å². The van der Waals surface area contributed by atoms with E-state index in [1.54, 1.807) is 39.8 Å². The normalized spacial score (nSPS) is 12.6. The number of nitrogens with one attached hydrogen (secondary N) is 1. The Morgan fingerprint density at radius 3 is 2.50 bits per heavy atom. The summed E-state index contributed by atoms with van der Waals surface area (Å²) in [6.07, 6.45) is -0.963. The number of aliphatic hydroxyl groups is 1. The number of carbonyl (C=O) groups excluding carboxylic acids is 1. The highest BCUT2D eigenvalue weighted by atomic mass is 19.1. The van der Waals surface area contributed by atoms with Crippen molar-refractivity contribution in [3.63, 3.8) is 0 Å². The Kier molecular flexibility index (Phi) is 9.19. The average Bonchev–Trinajstić information content (AvgIpc) is 3.34. The zero-order chi connectivity index (χ0) is 27.9. The first kappa shape index (κ1) is 28.3. The minimum absolute atomic E-state index is 0.0247. The fraction of sp³-hybridized carbons (Fsp3) is 0.333. The number of aromatic nitrogens is 1. The second-order valence-corrected chi connectivity index (χ2v) is 9.46. The lowest BCUT2D eigenvalue weighted by atomic mass is 9.95. The number of hydrogen-bond donors (Lipinski definition) is 3. The molecule has 1 unspecified atom stereocenters. The molecule has 202 valence electrons. The fourth-order valence-electron chi connectivity index (χ4n) is 3.56. The molecule has 2 aromatic carbocycles. The van der Waals surface area contributed by atoms with E-state index in [1.807, 2.05) is 30.3 Å². The van der Waals surface area contributed by atoms with Crippen LogP contribution >= 0.6 is 0 Å². The van der Waals surface area contributed by atoms with Crippen molar-refractivity contribution in [3.8, 4) is 11.1 Å². The molecule has 1 heterocycles. The summed E-state index contributed by atoms with van der Waals surface area (Å²) >= 11 is 0. The molecule has 3 rings (SSSR count). The predicted octanol–water partition coefficient (Wildman–Crippen LogP) is 4.40. The summed E-state index contributed by atoms with van der Waals surface area (Å²) in [6, 6.07) is 15.6. The Bertz CT molecular complexity index is 1290. The molecule has 11 heteroatoms. The van der Waals surface area contributed by atoms with Gasteiger partial charge in [-0.15, -0.1) is 4.99 Å². The molecule has 38 heavy (non-hydrogen) atoms. The van der Waals surface area contributed by atoms with E-state index >= 15 is 0 Å². The van der Waals surface area contributed by atoms with E-state index in [-0.39, 0.29) is 25.0 Å². The lowest BCUT2D eigenvalue weighted by molar-refractivity contribution is -0.135. The molecule has 1 amide bonds. The minimum Gasteiger partial charge on any atom is -0.480 e. The topological polar surface area (TPSA) is 137 Å². The number of rotatable bonds is 8. The van der Waals surface area contributed by atoms with Gasteiger partial charge in [-0.1, -0.05) is 54.5 Å².